The van der Waals surface area contributed by atoms with Crippen LogP contribution in [0.2, 0.25) is 0 Å². The lowest BCUT2D eigenvalue weighted by molar-refractivity contribution is -0.469. The van der Waals surface area contributed by atoms with E-state index in [1.165, 1.54) is 6.07 Å². The van der Waals surface area contributed by atoms with Crippen molar-refractivity contribution in [2.45, 2.75) is 53.6 Å². The lowest BCUT2D eigenvalue weighted by Gasteiger charge is -2.43. The van der Waals surface area contributed by atoms with Crippen molar-refractivity contribution in [3.05, 3.63) is 35.9 Å². The van der Waals surface area contributed by atoms with Crippen molar-refractivity contribution in [1.29, 1.82) is 0 Å². The summed E-state index contributed by atoms with van der Waals surface area (Å²) in [6.07, 6.45) is -7.94. The Morgan fingerprint density at radius 2 is 0.816 bits per heavy atom. The number of rotatable bonds is 10. The monoisotopic (exact) mass is 604 g/mol. The summed E-state index contributed by atoms with van der Waals surface area (Å²) < 4.78 is 254. The van der Waals surface area contributed by atoms with Crippen LogP contribution in [0.1, 0.15) is 10.4 Å². The molecule has 220 valence electrons. The molecule has 0 bridgehead atoms. The summed E-state index contributed by atoms with van der Waals surface area (Å²) in [7, 11) is 0. The molecular weight excluding hydrogens is 597 g/mol. The quantitative estimate of drug-likeness (QED) is 0.205. The van der Waals surface area contributed by atoms with Gasteiger partial charge in [-0.05, 0) is 12.1 Å². The van der Waals surface area contributed by atoms with Crippen molar-refractivity contribution >= 4 is 5.97 Å². The Labute approximate surface area is 196 Å². The van der Waals surface area contributed by atoms with Crippen molar-refractivity contribution in [2.75, 3.05) is 6.61 Å². The summed E-state index contributed by atoms with van der Waals surface area (Å²) in [6.45, 7) is -3.37. The summed E-state index contributed by atoms with van der Waals surface area (Å²) in [5.41, 5.74) is -0.775. The first-order chi connectivity index (χ1) is 16.5. The third kappa shape index (κ3) is 4.58. The summed E-state index contributed by atoms with van der Waals surface area (Å²) in [6, 6.07) is 4.59. The zero-order valence-corrected chi connectivity index (χ0v) is 17.1. The van der Waals surface area contributed by atoms with Gasteiger partial charge in [-0.15, -0.1) is 0 Å². The third-order valence-corrected chi connectivity index (χ3v) is 4.58. The molecule has 0 unspecified atom stereocenters. The molecule has 0 atom stereocenters. The van der Waals surface area contributed by atoms with E-state index in [1.54, 1.807) is 0 Å². The highest BCUT2D eigenvalue weighted by molar-refractivity contribution is 5.89. The van der Waals surface area contributed by atoms with Crippen LogP contribution in [-0.2, 0) is 4.74 Å². The fourth-order valence-corrected chi connectivity index (χ4v) is 2.30. The van der Waals surface area contributed by atoms with Crippen LogP contribution in [0.4, 0.5) is 83.4 Å². The maximum Gasteiger partial charge on any atom is 0.460 e. The first kappa shape index (κ1) is 33.4. The van der Waals surface area contributed by atoms with Crippen molar-refractivity contribution in [2.24, 2.45) is 0 Å². The number of hydrogen-bond acceptors (Lipinski definition) is 2. The Bertz CT molecular complexity index is 996. The minimum atomic E-state index is -9.00. The van der Waals surface area contributed by atoms with E-state index >= 15 is 0 Å². The van der Waals surface area contributed by atoms with Crippen LogP contribution in [0.15, 0.2) is 30.3 Å². The molecule has 0 aliphatic rings. The van der Waals surface area contributed by atoms with Gasteiger partial charge < -0.3 is 4.74 Å². The molecule has 0 spiro atoms. The largest absolute Gasteiger partial charge is 0.460 e. The molecule has 0 heterocycles. The first-order valence-electron chi connectivity index (χ1n) is 8.80. The van der Waals surface area contributed by atoms with Gasteiger partial charge in [-0.1, -0.05) is 18.2 Å². The van der Waals surface area contributed by atoms with Gasteiger partial charge in [-0.2, -0.15) is 83.4 Å². The molecule has 0 aromatic heterocycles. The van der Waals surface area contributed by atoms with Gasteiger partial charge in [0.05, 0.1) is 5.56 Å². The molecule has 21 heteroatoms. The molecule has 0 radical (unpaired) electrons. The van der Waals surface area contributed by atoms with Gasteiger partial charge in [0.1, 0.15) is 0 Å². The van der Waals surface area contributed by atoms with Crippen LogP contribution in [0.25, 0.3) is 0 Å². The Morgan fingerprint density at radius 3 is 1.16 bits per heavy atom. The number of benzene rings is 1. The molecule has 0 saturated heterocycles. The van der Waals surface area contributed by atoms with Gasteiger partial charge in [-0.25, -0.2) is 4.79 Å². The van der Waals surface area contributed by atoms with E-state index in [9.17, 15) is 88.2 Å². The molecule has 2 nitrogen and oxygen atoms in total. The molecule has 0 aliphatic heterocycles. The van der Waals surface area contributed by atoms with Gasteiger partial charge in [-0.3, -0.25) is 0 Å². The van der Waals surface area contributed by atoms with Crippen molar-refractivity contribution in [3.8, 4) is 0 Å². The molecule has 1 aromatic carbocycles. The van der Waals surface area contributed by atoms with E-state index in [0.717, 1.165) is 24.3 Å². The van der Waals surface area contributed by atoms with Crippen LogP contribution < -0.4 is 0 Å². The number of ether oxygens (including phenoxy) is 1. The average Bonchev–Trinajstić information content (AvgIpc) is 2.76. The predicted molar refractivity (Wildman–Crippen MR) is 82.4 cm³/mol. The topological polar surface area (TPSA) is 26.3 Å². The van der Waals surface area contributed by atoms with Crippen molar-refractivity contribution in [3.63, 3.8) is 0 Å². The number of carbonyl (C=O) groups is 1. The van der Waals surface area contributed by atoms with Gasteiger partial charge in [0, 0.05) is 0 Å². The minimum absolute atomic E-state index is 0.723. The van der Waals surface area contributed by atoms with Crippen LogP contribution in [0.3, 0.4) is 0 Å². The van der Waals surface area contributed by atoms with E-state index in [4.69, 9.17) is 0 Å². The number of hydrogen-bond donors (Lipinski definition) is 0. The highest BCUT2D eigenvalue weighted by Gasteiger charge is 2.96. The molecule has 0 aliphatic carbocycles. The average molecular weight is 604 g/mol. The van der Waals surface area contributed by atoms with Gasteiger partial charge >= 0.3 is 59.5 Å². The Kier molecular flexibility index (Phi) is 8.11. The second kappa shape index (κ2) is 9.23. The minimum Gasteiger partial charge on any atom is -0.455 e. The fourth-order valence-electron chi connectivity index (χ4n) is 2.30. The lowest BCUT2D eigenvalue weighted by Crippen LogP contribution is -2.76. The van der Waals surface area contributed by atoms with Crippen LogP contribution >= 0.6 is 0 Å². The smallest absolute Gasteiger partial charge is 0.455 e. The van der Waals surface area contributed by atoms with E-state index in [2.05, 4.69) is 4.74 Å². The second-order valence-corrected chi connectivity index (χ2v) is 7.17. The summed E-state index contributed by atoms with van der Waals surface area (Å²) in [5, 5.41) is 0. The van der Waals surface area contributed by atoms with E-state index in [-0.39, 0.29) is 0 Å². The highest BCUT2D eigenvalue weighted by atomic mass is 19.4. The summed E-state index contributed by atoms with van der Waals surface area (Å²) in [5.74, 6) is -69.6. The van der Waals surface area contributed by atoms with Crippen molar-refractivity contribution in [1.82, 2.24) is 0 Å². The summed E-state index contributed by atoms with van der Waals surface area (Å²) in [4.78, 5) is 11.4. The lowest BCUT2D eigenvalue weighted by atomic mass is 9.87. The second-order valence-electron chi connectivity index (χ2n) is 7.17. The molecule has 38 heavy (non-hydrogen) atoms. The normalized spacial score (nSPS) is 15.4. The molecule has 1 rings (SSSR count). The zero-order valence-electron chi connectivity index (χ0n) is 17.1. The number of carbonyl (C=O) groups excluding carboxylic acids is 1. The van der Waals surface area contributed by atoms with Gasteiger partial charge in [0.15, 0.2) is 6.61 Å². The molecule has 0 N–H and O–H groups in total. The van der Waals surface area contributed by atoms with Gasteiger partial charge in [0.2, 0.25) is 0 Å². The molecule has 1 aromatic rings. The first-order valence-corrected chi connectivity index (χ1v) is 8.80. The molecular formula is C17H7F19O2. The summed E-state index contributed by atoms with van der Waals surface area (Å²) >= 11 is 0. The van der Waals surface area contributed by atoms with Gasteiger partial charge in [0.25, 0.3) is 0 Å². The van der Waals surface area contributed by atoms with Crippen LogP contribution in [0.5, 0.6) is 0 Å². The van der Waals surface area contributed by atoms with Crippen LogP contribution in [0, 0.1) is 0 Å². The number of esters is 1. The Morgan fingerprint density at radius 1 is 0.500 bits per heavy atom. The molecule has 0 amide bonds. The Balaban J connectivity index is 3.51. The maximum atomic E-state index is 13.7. The van der Waals surface area contributed by atoms with Crippen molar-refractivity contribution < 1.29 is 92.9 Å². The maximum absolute atomic E-state index is 13.7. The van der Waals surface area contributed by atoms with E-state index in [1.807, 2.05) is 0 Å². The zero-order chi connectivity index (χ0) is 30.6. The SMILES string of the molecule is O=C(OCC(F)(F)C(F)(F)C(F)(F)C(F)(F)C(F)(F)C(F)(F)C(F)(F)C(F)(F)C(F)(F)F)c1ccccc1. The van der Waals surface area contributed by atoms with Crippen LogP contribution in [-0.4, -0.2) is 66.1 Å². The third-order valence-electron chi connectivity index (χ3n) is 4.58. The van der Waals surface area contributed by atoms with E-state index < -0.39 is 71.7 Å². The number of halogens is 19. The fraction of sp³-hybridized carbons (Fsp3) is 0.588. The Hall–Kier alpha value is -2.64. The number of alkyl halides is 19. The standard InChI is InChI=1S/C17H7F19O2/c18-9(19,6-38-8(37)7-4-2-1-3-5-7)10(20,21)11(22,23)12(24,25)13(26,27)14(28,29)15(30,31)16(32,33)17(34,35)36/h1-5H,6H2. The van der Waals surface area contributed by atoms with E-state index in [0.29, 0.717) is 0 Å². The molecule has 0 saturated carbocycles. The predicted octanol–water partition coefficient (Wildman–Crippen LogP) is 7.49. The molecule has 0 fully saturated rings. The highest BCUT2D eigenvalue weighted by Crippen LogP contribution is 2.65.